The summed E-state index contributed by atoms with van der Waals surface area (Å²) in [5.41, 5.74) is 1.26. The molecule has 0 heterocycles. The molecule has 3 rings (SSSR count). The largest absolute Gasteiger partial charge is 0.445 e. The normalized spacial score (nSPS) is 12.2. The van der Waals surface area contributed by atoms with Gasteiger partial charge < -0.3 is 15.4 Å². The molecule has 31 heavy (non-hydrogen) atoms. The molecule has 2 amide bonds. The Morgan fingerprint density at radius 3 is 2.32 bits per heavy atom. The minimum Gasteiger partial charge on any atom is -0.445 e. The van der Waals surface area contributed by atoms with Gasteiger partial charge in [-0.05, 0) is 31.7 Å². The van der Waals surface area contributed by atoms with E-state index in [1.165, 1.54) is 20.0 Å². The Bertz CT molecular complexity index is 1200. The second kappa shape index (κ2) is 9.59. The number of fused-ring (bicyclic) bond motifs is 1. The van der Waals surface area contributed by atoms with Gasteiger partial charge in [-0.15, -0.1) is 0 Å². The van der Waals surface area contributed by atoms with Crippen LogP contribution in [0, 0.1) is 0 Å². The first kappa shape index (κ1) is 22.3. The SMILES string of the molecule is CNS(=O)(=O)c1cccc2c(NC(=O)[C@@H](C)NC(=O)OCc3ccccc3)cccc12. The highest BCUT2D eigenvalue weighted by Crippen LogP contribution is 2.28. The monoisotopic (exact) mass is 441 g/mol. The van der Waals surface area contributed by atoms with E-state index in [2.05, 4.69) is 15.4 Å². The summed E-state index contributed by atoms with van der Waals surface area (Å²) < 4.78 is 32.0. The number of rotatable bonds is 7. The molecule has 0 aliphatic rings. The topological polar surface area (TPSA) is 114 Å². The number of carbonyl (C=O) groups excluding carboxylic acids is 2. The van der Waals surface area contributed by atoms with Gasteiger partial charge in [0.15, 0.2) is 0 Å². The summed E-state index contributed by atoms with van der Waals surface area (Å²) in [6.07, 6.45) is -0.716. The molecule has 0 fully saturated rings. The third kappa shape index (κ3) is 5.39. The average Bonchev–Trinajstić information content (AvgIpc) is 2.78. The minimum absolute atomic E-state index is 0.0903. The third-order valence-electron chi connectivity index (χ3n) is 4.64. The van der Waals surface area contributed by atoms with Crippen molar-refractivity contribution in [3.8, 4) is 0 Å². The van der Waals surface area contributed by atoms with Crippen LogP contribution in [0.5, 0.6) is 0 Å². The zero-order valence-electron chi connectivity index (χ0n) is 17.1. The lowest BCUT2D eigenvalue weighted by Crippen LogP contribution is -2.41. The Labute approximate surface area is 180 Å². The molecule has 0 saturated carbocycles. The van der Waals surface area contributed by atoms with Gasteiger partial charge in [0.1, 0.15) is 12.6 Å². The fourth-order valence-corrected chi connectivity index (χ4v) is 3.93. The lowest BCUT2D eigenvalue weighted by atomic mass is 10.1. The van der Waals surface area contributed by atoms with Crippen LogP contribution in [-0.4, -0.2) is 33.5 Å². The van der Waals surface area contributed by atoms with Crippen molar-refractivity contribution in [2.75, 3.05) is 12.4 Å². The number of sulfonamides is 1. The molecule has 8 nitrogen and oxygen atoms in total. The van der Waals surface area contributed by atoms with Gasteiger partial charge >= 0.3 is 6.09 Å². The van der Waals surface area contributed by atoms with Crippen LogP contribution >= 0.6 is 0 Å². The average molecular weight is 442 g/mol. The van der Waals surface area contributed by atoms with Crippen molar-refractivity contribution in [3.63, 3.8) is 0 Å². The minimum atomic E-state index is -3.67. The molecule has 3 aromatic rings. The number of nitrogens with one attached hydrogen (secondary N) is 3. The lowest BCUT2D eigenvalue weighted by Gasteiger charge is -2.16. The molecule has 0 bridgehead atoms. The van der Waals surface area contributed by atoms with Gasteiger partial charge in [-0.3, -0.25) is 4.79 Å². The van der Waals surface area contributed by atoms with Crippen LogP contribution in [0.1, 0.15) is 12.5 Å². The second-order valence-electron chi connectivity index (χ2n) is 6.78. The molecular formula is C22H23N3O5S. The van der Waals surface area contributed by atoms with E-state index in [1.54, 1.807) is 30.3 Å². The van der Waals surface area contributed by atoms with E-state index < -0.39 is 28.1 Å². The van der Waals surface area contributed by atoms with Crippen LogP contribution in [0.25, 0.3) is 10.8 Å². The zero-order chi connectivity index (χ0) is 22.4. The first-order valence-corrected chi connectivity index (χ1v) is 11.0. The van der Waals surface area contributed by atoms with Crippen LogP contribution < -0.4 is 15.4 Å². The maximum atomic E-state index is 12.6. The summed E-state index contributed by atoms with van der Waals surface area (Å²) >= 11 is 0. The molecule has 3 N–H and O–H groups in total. The molecule has 0 aliphatic heterocycles. The quantitative estimate of drug-likeness (QED) is 0.522. The molecule has 0 aliphatic carbocycles. The highest BCUT2D eigenvalue weighted by atomic mass is 32.2. The van der Waals surface area contributed by atoms with Gasteiger partial charge in [0.05, 0.1) is 4.90 Å². The van der Waals surface area contributed by atoms with Gasteiger partial charge in [-0.25, -0.2) is 17.9 Å². The third-order valence-corrected chi connectivity index (χ3v) is 6.11. The van der Waals surface area contributed by atoms with Crippen molar-refractivity contribution in [1.82, 2.24) is 10.0 Å². The fourth-order valence-electron chi connectivity index (χ4n) is 2.98. The van der Waals surface area contributed by atoms with Crippen molar-refractivity contribution in [3.05, 3.63) is 72.3 Å². The van der Waals surface area contributed by atoms with E-state index in [-0.39, 0.29) is 11.5 Å². The Hall–Kier alpha value is -3.43. The molecule has 0 aromatic heterocycles. The predicted octanol–water partition coefficient (Wildman–Crippen LogP) is 3.00. The molecule has 1 atom stereocenters. The van der Waals surface area contributed by atoms with Crippen molar-refractivity contribution >= 4 is 38.5 Å². The van der Waals surface area contributed by atoms with Gasteiger partial charge in [-0.1, -0.05) is 54.6 Å². The first-order valence-electron chi connectivity index (χ1n) is 9.55. The second-order valence-corrected chi connectivity index (χ2v) is 8.64. The molecule has 162 valence electrons. The van der Waals surface area contributed by atoms with Crippen LogP contribution in [0.2, 0.25) is 0 Å². The number of carbonyl (C=O) groups is 2. The Balaban J connectivity index is 1.70. The Morgan fingerprint density at radius 1 is 0.935 bits per heavy atom. The summed E-state index contributed by atoms with van der Waals surface area (Å²) in [6, 6.07) is 18.1. The van der Waals surface area contributed by atoms with E-state index in [9.17, 15) is 18.0 Å². The maximum absolute atomic E-state index is 12.6. The Morgan fingerprint density at radius 2 is 1.61 bits per heavy atom. The molecule has 9 heteroatoms. The number of amides is 2. The van der Waals surface area contributed by atoms with Crippen LogP contribution in [0.4, 0.5) is 10.5 Å². The number of ether oxygens (including phenoxy) is 1. The standard InChI is InChI=1S/C22H23N3O5S/c1-15(24-22(27)30-14-16-8-4-3-5-9-16)21(26)25-19-12-6-11-18-17(19)10-7-13-20(18)31(28,29)23-2/h3-13,15,23H,14H2,1-2H3,(H,24,27)(H,25,26)/t15-/m1/s1. The summed E-state index contributed by atoms with van der Waals surface area (Å²) in [7, 11) is -2.33. The Kier molecular flexibility index (Phi) is 6.88. The smallest absolute Gasteiger partial charge is 0.408 e. The summed E-state index contributed by atoms with van der Waals surface area (Å²) in [5, 5.41) is 6.25. The maximum Gasteiger partial charge on any atom is 0.408 e. The van der Waals surface area contributed by atoms with Crippen molar-refractivity contribution < 1.29 is 22.7 Å². The summed E-state index contributed by atoms with van der Waals surface area (Å²) in [5.74, 6) is -0.467. The molecule has 3 aromatic carbocycles. The first-order chi connectivity index (χ1) is 14.8. The lowest BCUT2D eigenvalue weighted by molar-refractivity contribution is -0.117. The van der Waals surface area contributed by atoms with Gasteiger partial charge in [0, 0.05) is 16.5 Å². The van der Waals surface area contributed by atoms with Gasteiger partial charge in [0.25, 0.3) is 0 Å². The van der Waals surface area contributed by atoms with E-state index >= 15 is 0 Å². The number of benzene rings is 3. The fraction of sp³-hybridized carbons (Fsp3) is 0.182. The van der Waals surface area contributed by atoms with Crippen LogP contribution in [-0.2, 0) is 26.2 Å². The highest BCUT2D eigenvalue weighted by Gasteiger charge is 2.19. The number of hydrogen-bond acceptors (Lipinski definition) is 5. The van der Waals surface area contributed by atoms with E-state index in [0.717, 1.165) is 5.56 Å². The molecular weight excluding hydrogens is 418 g/mol. The van der Waals surface area contributed by atoms with Crippen LogP contribution in [0.15, 0.2) is 71.6 Å². The summed E-state index contributed by atoms with van der Waals surface area (Å²) in [6.45, 7) is 1.62. The number of anilines is 1. The molecule has 0 spiro atoms. The predicted molar refractivity (Wildman–Crippen MR) is 118 cm³/mol. The van der Waals surface area contributed by atoms with E-state index in [4.69, 9.17) is 4.74 Å². The van der Waals surface area contributed by atoms with Crippen molar-refractivity contribution in [2.24, 2.45) is 0 Å². The van der Waals surface area contributed by atoms with Crippen LogP contribution in [0.3, 0.4) is 0 Å². The van der Waals surface area contributed by atoms with Gasteiger partial charge in [-0.2, -0.15) is 0 Å². The summed E-state index contributed by atoms with van der Waals surface area (Å²) in [4.78, 5) is 24.7. The molecule has 0 radical (unpaired) electrons. The highest BCUT2D eigenvalue weighted by molar-refractivity contribution is 7.89. The number of hydrogen-bond donors (Lipinski definition) is 3. The number of alkyl carbamates (subject to hydrolysis) is 1. The van der Waals surface area contributed by atoms with E-state index in [1.807, 2.05) is 30.3 Å². The van der Waals surface area contributed by atoms with Gasteiger partial charge in [0.2, 0.25) is 15.9 Å². The molecule has 0 unspecified atom stereocenters. The zero-order valence-corrected chi connectivity index (χ0v) is 17.9. The molecule has 0 saturated heterocycles. The van der Waals surface area contributed by atoms with E-state index in [0.29, 0.717) is 16.5 Å². The van der Waals surface area contributed by atoms with Crippen molar-refractivity contribution in [1.29, 1.82) is 0 Å². The van der Waals surface area contributed by atoms with Crippen molar-refractivity contribution in [2.45, 2.75) is 24.5 Å².